The minimum absolute atomic E-state index is 0.0560. The monoisotopic (exact) mass is 466 g/mol. The fraction of sp³-hybridized carbons (Fsp3) is 0.440. The number of carbonyl (C=O) groups excluding carboxylic acids is 2. The number of ether oxygens (including phenoxy) is 3. The highest BCUT2D eigenvalue weighted by Gasteiger charge is 2.32. The molecule has 0 saturated carbocycles. The molecule has 2 amide bonds. The SMILES string of the molecule is O=C(CN1CCN(C(=O)[C@@H]2COc3ccccc3O2)CC1)Nc1ccc(N2CCOCC2)cc1. The van der Waals surface area contributed by atoms with Crippen LogP contribution in [0.3, 0.4) is 0 Å². The first-order valence-corrected chi connectivity index (χ1v) is 11.8. The van der Waals surface area contributed by atoms with Crippen molar-refractivity contribution < 1.29 is 23.8 Å². The fourth-order valence-corrected chi connectivity index (χ4v) is 4.45. The molecule has 3 aliphatic heterocycles. The van der Waals surface area contributed by atoms with E-state index >= 15 is 0 Å². The van der Waals surface area contributed by atoms with Crippen LogP contribution in [0.25, 0.3) is 0 Å². The van der Waals surface area contributed by atoms with E-state index in [1.165, 1.54) is 0 Å². The van der Waals surface area contributed by atoms with E-state index in [4.69, 9.17) is 14.2 Å². The summed E-state index contributed by atoms with van der Waals surface area (Å²) in [7, 11) is 0. The predicted octanol–water partition coefficient (Wildman–Crippen LogP) is 1.45. The van der Waals surface area contributed by atoms with Crippen LogP contribution in [-0.2, 0) is 14.3 Å². The van der Waals surface area contributed by atoms with Gasteiger partial charge in [-0.1, -0.05) is 12.1 Å². The van der Waals surface area contributed by atoms with Gasteiger partial charge in [-0.25, -0.2) is 0 Å². The van der Waals surface area contributed by atoms with Crippen molar-refractivity contribution in [3.63, 3.8) is 0 Å². The standard InChI is InChI=1S/C25H30N4O5/c30-24(26-19-5-7-20(8-6-19)28-13-15-32-16-14-28)17-27-9-11-29(12-10-27)25(31)23-18-33-21-3-1-2-4-22(21)34-23/h1-8,23H,9-18H2,(H,26,30)/t23-/m0/s1. The number of rotatable bonds is 5. The van der Waals surface area contributed by atoms with Crippen LogP contribution >= 0.6 is 0 Å². The Kier molecular flexibility index (Phi) is 6.82. The molecular weight excluding hydrogens is 436 g/mol. The van der Waals surface area contributed by atoms with Crippen LogP contribution in [0, 0.1) is 0 Å². The van der Waals surface area contributed by atoms with Gasteiger partial charge in [-0.3, -0.25) is 14.5 Å². The van der Waals surface area contributed by atoms with E-state index in [2.05, 4.69) is 15.1 Å². The lowest BCUT2D eigenvalue weighted by molar-refractivity contribution is -0.143. The average molecular weight is 467 g/mol. The third kappa shape index (κ3) is 5.26. The summed E-state index contributed by atoms with van der Waals surface area (Å²) in [6, 6.07) is 15.3. The number of benzene rings is 2. The molecule has 5 rings (SSSR count). The Hall–Kier alpha value is -3.30. The molecule has 2 aromatic carbocycles. The first-order chi connectivity index (χ1) is 16.7. The highest BCUT2D eigenvalue weighted by molar-refractivity contribution is 5.92. The van der Waals surface area contributed by atoms with E-state index in [1.807, 2.05) is 48.5 Å². The molecule has 9 nitrogen and oxygen atoms in total. The molecule has 2 fully saturated rings. The molecule has 34 heavy (non-hydrogen) atoms. The van der Waals surface area contributed by atoms with Crippen LogP contribution in [0.1, 0.15) is 0 Å². The molecule has 0 aromatic heterocycles. The molecule has 0 spiro atoms. The van der Waals surface area contributed by atoms with Gasteiger partial charge in [-0.05, 0) is 36.4 Å². The summed E-state index contributed by atoms with van der Waals surface area (Å²) < 4.78 is 16.9. The molecular formula is C25H30N4O5. The van der Waals surface area contributed by atoms with Crippen LogP contribution in [0.2, 0.25) is 0 Å². The maximum Gasteiger partial charge on any atom is 0.267 e. The summed E-state index contributed by atoms with van der Waals surface area (Å²) in [6.07, 6.45) is -0.634. The molecule has 3 aliphatic rings. The largest absolute Gasteiger partial charge is 0.485 e. The number of piperazine rings is 1. The van der Waals surface area contributed by atoms with Crippen molar-refractivity contribution in [3.05, 3.63) is 48.5 Å². The van der Waals surface area contributed by atoms with Gasteiger partial charge in [0.2, 0.25) is 12.0 Å². The highest BCUT2D eigenvalue weighted by atomic mass is 16.6. The minimum Gasteiger partial charge on any atom is -0.485 e. The average Bonchev–Trinajstić information content (AvgIpc) is 2.89. The lowest BCUT2D eigenvalue weighted by Crippen LogP contribution is -2.54. The zero-order chi connectivity index (χ0) is 23.3. The zero-order valence-electron chi connectivity index (χ0n) is 19.2. The number of carbonyl (C=O) groups is 2. The number of para-hydroxylation sites is 2. The Bertz CT molecular complexity index is 1000. The third-order valence-corrected chi connectivity index (χ3v) is 6.36. The molecule has 1 atom stereocenters. The van der Waals surface area contributed by atoms with Crippen molar-refractivity contribution in [2.75, 3.05) is 75.9 Å². The first kappa shape index (κ1) is 22.5. The number of nitrogens with zero attached hydrogens (tertiary/aromatic N) is 3. The second-order valence-electron chi connectivity index (χ2n) is 8.66. The molecule has 1 N–H and O–H groups in total. The van der Waals surface area contributed by atoms with Crippen LogP contribution < -0.4 is 19.7 Å². The Morgan fingerprint density at radius 1 is 0.882 bits per heavy atom. The number of anilines is 2. The second-order valence-corrected chi connectivity index (χ2v) is 8.66. The van der Waals surface area contributed by atoms with Gasteiger partial charge in [-0.2, -0.15) is 0 Å². The van der Waals surface area contributed by atoms with E-state index in [1.54, 1.807) is 4.90 Å². The summed E-state index contributed by atoms with van der Waals surface area (Å²) in [5.41, 5.74) is 1.92. The third-order valence-electron chi connectivity index (χ3n) is 6.36. The molecule has 2 aromatic rings. The van der Waals surface area contributed by atoms with E-state index in [-0.39, 0.29) is 18.4 Å². The van der Waals surface area contributed by atoms with Gasteiger partial charge in [0.25, 0.3) is 5.91 Å². The summed E-state index contributed by atoms with van der Waals surface area (Å²) in [5, 5.41) is 2.97. The number of hydrogen-bond acceptors (Lipinski definition) is 7. The van der Waals surface area contributed by atoms with Crippen molar-refractivity contribution in [2.24, 2.45) is 0 Å². The Labute approximate surface area is 199 Å². The van der Waals surface area contributed by atoms with Crippen LogP contribution in [0.4, 0.5) is 11.4 Å². The maximum atomic E-state index is 12.9. The maximum absolute atomic E-state index is 12.9. The van der Waals surface area contributed by atoms with Crippen LogP contribution in [0.15, 0.2) is 48.5 Å². The van der Waals surface area contributed by atoms with Crippen molar-refractivity contribution >= 4 is 23.2 Å². The van der Waals surface area contributed by atoms with Crippen molar-refractivity contribution in [1.82, 2.24) is 9.80 Å². The first-order valence-electron chi connectivity index (χ1n) is 11.8. The molecule has 0 radical (unpaired) electrons. The molecule has 0 unspecified atom stereocenters. The smallest absolute Gasteiger partial charge is 0.267 e. The number of fused-ring (bicyclic) bond motifs is 1. The normalized spacial score (nSPS) is 20.6. The number of morpholine rings is 1. The highest BCUT2D eigenvalue weighted by Crippen LogP contribution is 2.31. The Balaban J connectivity index is 1.06. The van der Waals surface area contributed by atoms with Crippen LogP contribution in [-0.4, -0.2) is 93.4 Å². The predicted molar refractivity (Wildman–Crippen MR) is 127 cm³/mol. The van der Waals surface area contributed by atoms with Crippen molar-refractivity contribution in [2.45, 2.75) is 6.10 Å². The lowest BCUT2D eigenvalue weighted by atomic mass is 10.2. The molecule has 9 heteroatoms. The van der Waals surface area contributed by atoms with Gasteiger partial charge in [0.15, 0.2) is 11.5 Å². The van der Waals surface area contributed by atoms with Crippen LogP contribution in [0.5, 0.6) is 11.5 Å². The van der Waals surface area contributed by atoms with Crippen molar-refractivity contribution in [1.29, 1.82) is 0 Å². The summed E-state index contributed by atoms with van der Waals surface area (Å²) in [6.45, 7) is 6.15. The Morgan fingerprint density at radius 3 is 2.32 bits per heavy atom. The topological polar surface area (TPSA) is 83.6 Å². The van der Waals surface area contributed by atoms with Gasteiger partial charge in [0, 0.05) is 50.6 Å². The summed E-state index contributed by atoms with van der Waals surface area (Å²) >= 11 is 0. The fourth-order valence-electron chi connectivity index (χ4n) is 4.45. The Morgan fingerprint density at radius 2 is 1.59 bits per heavy atom. The van der Waals surface area contributed by atoms with Gasteiger partial charge in [0.05, 0.1) is 19.8 Å². The number of nitrogens with one attached hydrogen (secondary N) is 1. The van der Waals surface area contributed by atoms with E-state index in [0.717, 1.165) is 37.7 Å². The number of amides is 2. The zero-order valence-corrected chi connectivity index (χ0v) is 19.2. The lowest BCUT2D eigenvalue weighted by Gasteiger charge is -2.36. The van der Waals surface area contributed by atoms with E-state index in [9.17, 15) is 9.59 Å². The summed E-state index contributed by atoms with van der Waals surface area (Å²) in [4.78, 5) is 31.6. The van der Waals surface area contributed by atoms with E-state index < -0.39 is 6.10 Å². The number of hydrogen-bond donors (Lipinski definition) is 1. The second kappa shape index (κ2) is 10.3. The molecule has 3 heterocycles. The van der Waals surface area contributed by atoms with Gasteiger partial charge < -0.3 is 29.3 Å². The molecule has 180 valence electrons. The van der Waals surface area contributed by atoms with Gasteiger partial charge in [-0.15, -0.1) is 0 Å². The summed E-state index contributed by atoms with van der Waals surface area (Å²) in [5.74, 6) is 1.14. The minimum atomic E-state index is -0.634. The molecule has 0 aliphatic carbocycles. The van der Waals surface area contributed by atoms with Gasteiger partial charge in [0.1, 0.15) is 6.61 Å². The van der Waals surface area contributed by atoms with E-state index in [0.29, 0.717) is 44.2 Å². The van der Waals surface area contributed by atoms with Gasteiger partial charge >= 0.3 is 0 Å². The quantitative estimate of drug-likeness (QED) is 0.714. The molecule has 0 bridgehead atoms. The van der Waals surface area contributed by atoms with Crippen molar-refractivity contribution in [3.8, 4) is 11.5 Å². The molecule has 2 saturated heterocycles.